The van der Waals surface area contributed by atoms with Crippen molar-refractivity contribution in [2.24, 2.45) is 0 Å². The minimum absolute atomic E-state index is 0. The van der Waals surface area contributed by atoms with Crippen LogP contribution in [0.25, 0.3) is 0 Å². The van der Waals surface area contributed by atoms with Gasteiger partial charge in [-0.1, -0.05) is 0 Å². The third-order valence-electron chi connectivity index (χ3n) is 1.94. The number of fused-ring (bicyclic) bond motifs is 1. The first kappa shape index (κ1) is 32.5. The van der Waals surface area contributed by atoms with Gasteiger partial charge in [0.15, 0.2) is 5.13 Å². The Labute approximate surface area is 121 Å². The van der Waals surface area contributed by atoms with Gasteiger partial charge in [0.1, 0.15) is 0 Å². The lowest BCUT2D eigenvalue weighted by Gasteiger charge is -2.20. The molecule has 0 bridgehead atoms. The quantitative estimate of drug-likeness (QED) is 0.640. The summed E-state index contributed by atoms with van der Waals surface area (Å²) in [5, 5.41) is 0.713. The summed E-state index contributed by atoms with van der Waals surface area (Å²) in [4.78, 5) is 7.89. The number of thiazole rings is 1. The first-order valence-electron chi connectivity index (χ1n) is 4.40. The SMILES string of the molecule is CN1CCc2nc(N)sc2C1.F.FF.FF.FF.FF.FF. The Kier molecular flexibility index (Phi) is 41.2. The minimum Gasteiger partial charge on any atom is -0.375 e. The summed E-state index contributed by atoms with van der Waals surface area (Å²) in [6.45, 7) is 2.13. The summed E-state index contributed by atoms with van der Waals surface area (Å²) < 4.78 is 80.0. The fraction of sp³-hybridized carbons (Fsp3) is 0.571. The Morgan fingerprint density at radius 3 is 1.77 bits per heavy atom. The van der Waals surface area contributed by atoms with Gasteiger partial charge in [0.05, 0.1) is 5.69 Å². The van der Waals surface area contributed by atoms with Crippen LogP contribution < -0.4 is 5.73 Å². The van der Waals surface area contributed by atoms with E-state index in [-0.39, 0.29) is 4.70 Å². The summed E-state index contributed by atoms with van der Waals surface area (Å²) in [7, 11) is 2.12. The van der Waals surface area contributed by atoms with Crippen molar-refractivity contribution in [3.05, 3.63) is 10.6 Å². The van der Waals surface area contributed by atoms with Crippen LogP contribution in [0.1, 0.15) is 10.6 Å². The van der Waals surface area contributed by atoms with Crippen molar-refractivity contribution in [2.75, 3.05) is 19.3 Å². The van der Waals surface area contributed by atoms with Crippen LogP contribution in [0.15, 0.2) is 0 Å². The van der Waals surface area contributed by atoms with Gasteiger partial charge in [-0.05, 0) is 7.05 Å². The van der Waals surface area contributed by atoms with Crippen LogP contribution >= 0.6 is 11.3 Å². The molecule has 0 amide bonds. The highest BCUT2D eigenvalue weighted by molar-refractivity contribution is 7.15. The molecule has 3 nitrogen and oxygen atoms in total. The van der Waals surface area contributed by atoms with Gasteiger partial charge in [-0.15, -0.1) is 11.3 Å². The van der Waals surface area contributed by atoms with Crippen molar-refractivity contribution in [3.8, 4) is 0 Å². The molecular weight excluding hydrogens is 367 g/mol. The maximum atomic E-state index is 8.00. The van der Waals surface area contributed by atoms with Crippen molar-refractivity contribution >= 4 is 16.5 Å². The number of likely N-dealkylation sites (N-methyl/N-ethyl adjacent to an activating group) is 1. The Morgan fingerprint density at radius 1 is 0.955 bits per heavy atom. The van der Waals surface area contributed by atoms with Gasteiger partial charge in [0.2, 0.25) is 0 Å². The predicted octanol–water partition coefficient (Wildman–Crippen LogP) is 5.07. The van der Waals surface area contributed by atoms with E-state index in [9.17, 15) is 0 Å². The molecule has 0 spiro atoms. The number of hydrogen-bond acceptors (Lipinski definition) is 4. The van der Waals surface area contributed by atoms with E-state index in [1.54, 1.807) is 11.3 Å². The van der Waals surface area contributed by atoms with Gasteiger partial charge in [-0.25, -0.2) is 4.98 Å². The summed E-state index contributed by atoms with van der Waals surface area (Å²) in [6, 6.07) is 0. The zero-order chi connectivity index (χ0) is 17.8. The molecule has 1 aliphatic heterocycles. The van der Waals surface area contributed by atoms with Crippen LogP contribution in [0.3, 0.4) is 0 Å². The van der Waals surface area contributed by atoms with Gasteiger partial charge >= 0.3 is 0 Å². The molecule has 0 saturated carbocycles. The van der Waals surface area contributed by atoms with Crippen molar-refractivity contribution in [1.82, 2.24) is 9.88 Å². The average molecular weight is 379 g/mol. The molecule has 0 aliphatic carbocycles. The maximum Gasteiger partial charge on any atom is 0.180 e. The van der Waals surface area contributed by atoms with Gasteiger partial charge in [-0.2, -0.15) is 0 Å². The molecule has 22 heavy (non-hydrogen) atoms. The lowest BCUT2D eigenvalue weighted by molar-refractivity contribution is 0.108. The zero-order valence-electron chi connectivity index (χ0n) is 10.7. The van der Waals surface area contributed by atoms with Crippen LogP contribution in [-0.4, -0.2) is 23.5 Å². The predicted molar refractivity (Wildman–Crippen MR) is 60.1 cm³/mol. The van der Waals surface area contributed by atoms with Crippen molar-refractivity contribution in [3.63, 3.8) is 0 Å². The Hall–Kier alpha value is -1.38. The van der Waals surface area contributed by atoms with Crippen LogP contribution in [0.2, 0.25) is 0 Å². The molecule has 1 aromatic rings. The second kappa shape index (κ2) is 27.9. The highest BCUT2D eigenvalue weighted by atomic mass is 32.1. The largest absolute Gasteiger partial charge is 0.375 e. The van der Waals surface area contributed by atoms with Crippen LogP contribution in [0.5, 0.6) is 0 Å². The molecule has 2 rings (SSSR count). The van der Waals surface area contributed by atoms with Crippen LogP contribution in [-0.2, 0) is 13.0 Å². The summed E-state index contributed by atoms with van der Waals surface area (Å²) in [5.74, 6) is 0. The van der Waals surface area contributed by atoms with Gasteiger partial charge in [-0.3, -0.25) is 4.70 Å². The number of nitrogens with two attached hydrogens (primary N) is 1. The number of nitrogen functional groups attached to an aromatic ring is 1. The van der Waals surface area contributed by atoms with E-state index in [0.29, 0.717) is 5.13 Å². The molecule has 138 valence electrons. The average Bonchev–Trinajstić information content (AvgIpc) is 2.96. The molecule has 2 N–H and O–H groups in total. The van der Waals surface area contributed by atoms with Gasteiger partial charge in [0.25, 0.3) is 0 Å². The lowest BCUT2D eigenvalue weighted by Crippen LogP contribution is -2.25. The van der Waals surface area contributed by atoms with Crippen molar-refractivity contribution in [1.29, 1.82) is 0 Å². The zero-order valence-corrected chi connectivity index (χ0v) is 11.5. The molecule has 15 heteroatoms. The monoisotopic (exact) mass is 379 g/mol. The molecular formula is C7H12F11N3S. The molecule has 0 radical (unpaired) electrons. The second-order valence-corrected chi connectivity index (χ2v) is 4.02. The number of nitrogens with zero attached hydrogens (tertiary/aromatic N) is 2. The molecule has 2 heterocycles. The first-order chi connectivity index (χ1) is 10.3. The van der Waals surface area contributed by atoms with Gasteiger partial charge < -0.3 is 10.6 Å². The number of rotatable bonds is 0. The first-order valence-corrected chi connectivity index (χ1v) is 5.21. The Balaban J connectivity index is -0.0000000760. The van der Waals surface area contributed by atoms with E-state index in [2.05, 4.69) is 16.9 Å². The lowest BCUT2D eigenvalue weighted by atomic mass is 10.2. The van der Waals surface area contributed by atoms with E-state index < -0.39 is 0 Å². The van der Waals surface area contributed by atoms with E-state index in [1.165, 1.54) is 10.6 Å². The normalized spacial score (nSPS) is 10.5. The van der Waals surface area contributed by atoms with E-state index >= 15 is 0 Å². The second-order valence-electron chi connectivity index (χ2n) is 2.91. The highest BCUT2D eigenvalue weighted by Gasteiger charge is 2.16. The van der Waals surface area contributed by atoms with E-state index in [0.717, 1.165) is 19.5 Å². The van der Waals surface area contributed by atoms with Crippen LogP contribution in [0.4, 0.5) is 55.6 Å². The molecule has 0 unspecified atom stereocenters. The molecule has 1 aliphatic rings. The smallest absolute Gasteiger partial charge is 0.180 e. The summed E-state index contributed by atoms with van der Waals surface area (Å²) in [6.07, 6.45) is 1.06. The topological polar surface area (TPSA) is 42.2 Å². The van der Waals surface area contributed by atoms with E-state index in [4.69, 9.17) is 51.5 Å². The highest BCUT2D eigenvalue weighted by Crippen LogP contribution is 2.25. The molecule has 0 atom stereocenters. The van der Waals surface area contributed by atoms with Crippen LogP contribution in [0, 0.1) is 0 Å². The van der Waals surface area contributed by atoms with Crippen molar-refractivity contribution in [2.45, 2.75) is 13.0 Å². The number of aromatic nitrogens is 1. The Morgan fingerprint density at radius 2 is 1.36 bits per heavy atom. The third kappa shape index (κ3) is 15.0. The number of anilines is 1. The van der Waals surface area contributed by atoms with Crippen molar-refractivity contribution < 1.29 is 50.4 Å². The van der Waals surface area contributed by atoms with E-state index in [1.807, 2.05) is 0 Å². The number of halogens is 11. The number of hydrogen-bond donors (Lipinski definition) is 1. The third-order valence-corrected chi connectivity index (χ3v) is 2.85. The molecule has 0 aromatic carbocycles. The summed E-state index contributed by atoms with van der Waals surface area (Å²) >= 11 is 1.62. The standard InChI is InChI=1S/C7H11N3S.5F2.FH/c1-10-3-2-5-6(4-10)11-7(8)9-5;5*1-2;/h2-4H2,1H3,(H2,8,9);;;;;;1H. The molecule has 1 aromatic heterocycles. The summed E-state index contributed by atoms with van der Waals surface area (Å²) in [5.41, 5.74) is 6.81. The maximum absolute atomic E-state index is 8.00. The Bertz CT molecular complexity index is 291. The fourth-order valence-electron chi connectivity index (χ4n) is 1.34. The molecule has 0 saturated heterocycles. The van der Waals surface area contributed by atoms with Gasteiger partial charge in [0, 0.05) is 70.1 Å². The minimum atomic E-state index is 0. The fourth-order valence-corrected chi connectivity index (χ4v) is 2.30. The molecule has 0 fully saturated rings.